The zero-order valence-corrected chi connectivity index (χ0v) is 11.0. The van der Waals surface area contributed by atoms with Crippen LogP contribution in [-0.4, -0.2) is 16.1 Å². The molecule has 1 N–H and O–H groups in total. The number of carboxylic acid groups (broad SMARTS) is 1. The minimum Gasteiger partial charge on any atom is -0.478 e. The third-order valence-electron chi connectivity index (χ3n) is 5.67. The lowest BCUT2D eigenvalue weighted by Gasteiger charge is -2.04. The average molecular weight is 269 g/mol. The number of benzene rings is 1. The number of aromatic nitrogens is 1. The summed E-state index contributed by atoms with van der Waals surface area (Å²) in [6.45, 7) is 0. The van der Waals surface area contributed by atoms with E-state index in [0.717, 1.165) is 29.6 Å². The van der Waals surface area contributed by atoms with Gasteiger partial charge < -0.3 is 9.52 Å². The van der Waals surface area contributed by atoms with Crippen molar-refractivity contribution in [3.8, 4) is 0 Å². The molecule has 3 saturated carbocycles. The van der Waals surface area contributed by atoms with Crippen molar-refractivity contribution in [3.05, 3.63) is 29.7 Å². The van der Waals surface area contributed by atoms with Crippen molar-refractivity contribution < 1.29 is 14.3 Å². The molecule has 0 spiro atoms. The highest BCUT2D eigenvalue weighted by molar-refractivity contribution is 5.91. The van der Waals surface area contributed by atoms with Crippen LogP contribution in [0.15, 0.2) is 22.6 Å². The molecule has 2 bridgehead atoms. The highest BCUT2D eigenvalue weighted by atomic mass is 16.4. The molecule has 1 aromatic carbocycles. The van der Waals surface area contributed by atoms with Crippen molar-refractivity contribution in [2.24, 2.45) is 23.7 Å². The number of hydrogen-bond donors (Lipinski definition) is 1. The van der Waals surface area contributed by atoms with Crippen molar-refractivity contribution in [1.82, 2.24) is 4.98 Å². The molecule has 4 heteroatoms. The second-order valence-electron chi connectivity index (χ2n) is 6.55. The minimum atomic E-state index is -0.919. The Morgan fingerprint density at radius 1 is 1.25 bits per heavy atom. The molecule has 102 valence electrons. The second kappa shape index (κ2) is 3.43. The van der Waals surface area contributed by atoms with Crippen molar-refractivity contribution in [2.75, 3.05) is 0 Å². The average Bonchev–Trinajstić information content (AvgIpc) is 2.82. The fourth-order valence-corrected chi connectivity index (χ4v) is 4.88. The molecule has 4 unspecified atom stereocenters. The van der Waals surface area contributed by atoms with Crippen LogP contribution in [0.3, 0.4) is 0 Å². The Labute approximate surface area is 115 Å². The van der Waals surface area contributed by atoms with Crippen molar-refractivity contribution in [2.45, 2.75) is 25.2 Å². The van der Waals surface area contributed by atoms with Crippen LogP contribution in [0.25, 0.3) is 11.1 Å². The number of aromatic carboxylic acids is 1. The minimum absolute atomic E-state index is 0.272. The standard InChI is InChI=1S/C16H15NO3/c18-16(19)9-3-4-11-10(6-9)17-15(20-11)14-12-7-1-2-8(5-7)13(12)14/h3-4,6-8,12-14H,1-2,5H2,(H,18,19). The van der Waals surface area contributed by atoms with Gasteiger partial charge in [0.1, 0.15) is 5.52 Å². The first-order valence-corrected chi connectivity index (χ1v) is 7.36. The topological polar surface area (TPSA) is 63.3 Å². The maximum absolute atomic E-state index is 11.0. The number of nitrogens with zero attached hydrogens (tertiary/aromatic N) is 1. The lowest BCUT2D eigenvalue weighted by atomic mass is 10.0. The Hall–Kier alpha value is -1.84. The van der Waals surface area contributed by atoms with Gasteiger partial charge in [-0.25, -0.2) is 9.78 Å². The summed E-state index contributed by atoms with van der Waals surface area (Å²) in [7, 11) is 0. The van der Waals surface area contributed by atoms with Gasteiger partial charge in [-0.3, -0.25) is 0 Å². The molecular weight excluding hydrogens is 254 g/mol. The van der Waals surface area contributed by atoms with Gasteiger partial charge in [0.2, 0.25) is 0 Å². The Bertz CT molecular complexity index is 718. The Morgan fingerprint density at radius 2 is 2.00 bits per heavy atom. The van der Waals surface area contributed by atoms with Gasteiger partial charge in [0, 0.05) is 5.92 Å². The first kappa shape index (κ1) is 10.9. The van der Waals surface area contributed by atoms with E-state index >= 15 is 0 Å². The normalized spacial score (nSPS) is 37.3. The van der Waals surface area contributed by atoms with Crippen LogP contribution < -0.4 is 0 Å². The number of carbonyl (C=O) groups is 1. The molecular formula is C16H15NO3. The van der Waals surface area contributed by atoms with E-state index < -0.39 is 5.97 Å². The third kappa shape index (κ3) is 1.27. The van der Waals surface area contributed by atoms with Crippen LogP contribution >= 0.6 is 0 Å². The maximum Gasteiger partial charge on any atom is 0.335 e. The van der Waals surface area contributed by atoms with Gasteiger partial charge in [-0.2, -0.15) is 0 Å². The predicted molar refractivity (Wildman–Crippen MR) is 71.5 cm³/mol. The van der Waals surface area contributed by atoms with Crippen LogP contribution in [0.1, 0.15) is 41.4 Å². The van der Waals surface area contributed by atoms with Gasteiger partial charge in [-0.1, -0.05) is 0 Å². The predicted octanol–water partition coefficient (Wildman–Crippen LogP) is 3.29. The SMILES string of the molecule is O=C(O)c1ccc2oc(C3C4C5CCC(C5)C34)nc2c1. The van der Waals surface area contributed by atoms with Gasteiger partial charge >= 0.3 is 5.97 Å². The highest BCUT2D eigenvalue weighted by Crippen LogP contribution is 2.73. The van der Waals surface area contributed by atoms with E-state index in [1.807, 2.05) is 0 Å². The van der Waals surface area contributed by atoms with Gasteiger partial charge in [-0.15, -0.1) is 0 Å². The van der Waals surface area contributed by atoms with E-state index in [9.17, 15) is 4.79 Å². The zero-order valence-electron chi connectivity index (χ0n) is 11.0. The molecule has 2 aromatic rings. The van der Waals surface area contributed by atoms with Gasteiger partial charge in [0.05, 0.1) is 5.56 Å². The van der Waals surface area contributed by atoms with E-state index in [-0.39, 0.29) is 5.56 Å². The fourth-order valence-electron chi connectivity index (χ4n) is 4.88. The molecule has 1 aromatic heterocycles. The number of fused-ring (bicyclic) bond motifs is 6. The Balaban J connectivity index is 1.53. The highest BCUT2D eigenvalue weighted by Gasteiger charge is 2.67. The largest absolute Gasteiger partial charge is 0.478 e. The molecule has 0 aliphatic heterocycles. The molecule has 0 saturated heterocycles. The van der Waals surface area contributed by atoms with Crippen molar-refractivity contribution in [1.29, 1.82) is 0 Å². The molecule has 0 radical (unpaired) electrons. The number of oxazole rings is 1. The van der Waals surface area contributed by atoms with Gasteiger partial charge in [0.15, 0.2) is 11.5 Å². The molecule has 5 rings (SSSR count). The molecule has 3 aliphatic carbocycles. The summed E-state index contributed by atoms with van der Waals surface area (Å²) in [6, 6.07) is 4.91. The summed E-state index contributed by atoms with van der Waals surface area (Å²) in [4.78, 5) is 15.6. The molecule has 20 heavy (non-hydrogen) atoms. The van der Waals surface area contributed by atoms with Crippen molar-refractivity contribution >= 4 is 17.1 Å². The lowest BCUT2D eigenvalue weighted by Crippen LogP contribution is -1.97. The van der Waals surface area contributed by atoms with Crippen LogP contribution in [0.2, 0.25) is 0 Å². The Kier molecular flexibility index (Phi) is 1.87. The molecule has 4 nitrogen and oxygen atoms in total. The maximum atomic E-state index is 11.0. The van der Waals surface area contributed by atoms with E-state index in [0.29, 0.717) is 17.0 Å². The van der Waals surface area contributed by atoms with Crippen LogP contribution in [-0.2, 0) is 0 Å². The molecule has 3 fully saturated rings. The van der Waals surface area contributed by atoms with E-state index in [1.54, 1.807) is 18.2 Å². The van der Waals surface area contributed by atoms with Crippen LogP contribution in [0.4, 0.5) is 0 Å². The van der Waals surface area contributed by atoms with Crippen LogP contribution in [0, 0.1) is 23.7 Å². The third-order valence-corrected chi connectivity index (χ3v) is 5.67. The fraction of sp³-hybridized carbons (Fsp3) is 0.500. The van der Waals surface area contributed by atoms with Gasteiger partial charge in [-0.05, 0) is 61.1 Å². The van der Waals surface area contributed by atoms with E-state index in [4.69, 9.17) is 9.52 Å². The Morgan fingerprint density at radius 3 is 2.70 bits per heavy atom. The first-order valence-electron chi connectivity index (χ1n) is 7.36. The summed E-state index contributed by atoms with van der Waals surface area (Å²) < 4.78 is 5.88. The van der Waals surface area contributed by atoms with E-state index in [2.05, 4.69) is 4.98 Å². The second-order valence-corrected chi connectivity index (χ2v) is 6.55. The summed E-state index contributed by atoms with van der Waals surface area (Å²) in [5, 5.41) is 9.02. The molecule has 1 heterocycles. The molecule has 0 amide bonds. The number of rotatable bonds is 2. The first-order chi connectivity index (χ1) is 9.72. The summed E-state index contributed by atoms with van der Waals surface area (Å²) in [5.74, 6) is 3.79. The summed E-state index contributed by atoms with van der Waals surface area (Å²) in [5.41, 5.74) is 1.66. The quantitative estimate of drug-likeness (QED) is 0.908. The number of hydrogen-bond acceptors (Lipinski definition) is 3. The summed E-state index contributed by atoms with van der Waals surface area (Å²) in [6.07, 6.45) is 4.17. The summed E-state index contributed by atoms with van der Waals surface area (Å²) >= 11 is 0. The lowest BCUT2D eigenvalue weighted by molar-refractivity contribution is 0.0697. The molecule has 3 aliphatic rings. The monoisotopic (exact) mass is 269 g/mol. The molecule has 4 atom stereocenters. The number of carboxylic acids is 1. The van der Waals surface area contributed by atoms with Crippen molar-refractivity contribution in [3.63, 3.8) is 0 Å². The van der Waals surface area contributed by atoms with Crippen LogP contribution in [0.5, 0.6) is 0 Å². The smallest absolute Gasteiger partial charge is 0.335 e. The van der Waals surface area contributed by atoms with Gasteiger partial charge in [0.25, 0.3) is 0 Å². The van der Waals surface area contributed by atoms with E-state index in [1.165, 1.54) is 19.3 Å². The zero-order chi connectivity index (χ0) is 13.4.